The van der Waals surface area contributed by atoms with Crippen LogP contribution in [0.2, 0.25) is 0 Å². The molecule has 96 valence electrons. The van der Waals surface area contributed by atoms with Crippen molar-refractivity contribution in [3.05, 3.63) is 26.8 Å². The molecule has 0 radical (unpaired) electrons. The Morgan fingerprint density at radius 2 is 2.11 bits per heavy atom. The van der Waals surface area contributed by atoms with E-state index in [1.807, 2.05) is 39.0 Å². The Labute approximate surface area is 115 Å². The van der Waals surface area contributed by atoms with Gasteiger partial charge >= 0.3 is 0 Å². The molecule has 0 unspecified atom stereocenters. The van der Waals surface area contributed by atoms with Gasteiger partial charge in [0.2, 0.25) is 0 Å². The van der Waals surface area contributed by atoms with Crippen molar-refractivity contribution in [2.24, 2.45) is 0 Å². The number of rotatable bonds is 3. The molecular weight excluding hydrogens is 266 g/mol. The van der Waals surface area contributed by atoms with Crippen LogP contribution in [-0.4, -0.2) is 22.1 Å². The third-order valence-corrected chi connectivity index (χ3v) is 4.72. The second kappa shape index (κ2) is 5.28. The fraction of sp³-hybridized carbons (Fsp3) is 0.385. The monoisotopic (exact) mass is 281 g/mol. The van der Waals surface area contributed by atoms with Crippen LogP contribution in [0.15, 0.2) is 17.0 Å². The van der Waals surface area contributed by atoms with Crippen LogP contribution in [0.25, 0.3) is 6.08 Å². The molecule has 0 aromatic carbocycles. The van der Waals surface area contributed by atoms with E-state index in [1.165, 1.54) is 9.78 Å². The summed E-state index contributed by atoms with van der Waals surface area (Å²) in [7, 11) is 0. The first-order valence-corrected chi connectivity index (χ1v) is 7.49. The van der Waals surface area contributed by atoms with Gasteiger partial charge in [0.1, 0.15) is 0 Å². The molecule has 1 aliphatic heterocycles. The van der Waals surface area contributed by atoms with Crippen molar-refractivity contribution in [2.75, 3.05) is 0 Å². The molecule has 1 fully saturated rings. The number of thioether (sulfide) groups is 1. The van der Waals surface area contributed by atoms with E-state index in [1.54, 1.807) is 11.3 Å². The summed E-state index contributed by atoms with van der Waals surface area (Å²) in [5, 5.41) is -0.158. The summed E-state index contributed by atoms with van der Waals surface area (Å²) in [5.74, 6) is -0.162. The molecule has 1 atom stereocenters. The number of imide groups is 1. The first kappa shape index (κ1) is 13.4. The molecule has 0 spiro atoms. The number of nitrogens with zero attached hydrogens (tertiary/aromatic N) is 1. The highest BCUT2D eigenvalue weighted by Crippen LogP contribution is 2.34. The fourth-order valence-corrected chi connectivity index (χ4v) is 3.52. The largest absolute Gasteiger partial charge is 0.293 e. The third-order valence-electron chi connectivity index (χ3n) is 2.89. The standard InChI is InChI=1S/C13H15NO2S2/c1-4-8(2)14-12(15)11(18-13(14)16)7-10-6-5-9(3)17-10/h5-8H,4H2,1-3H3/b11-7+/t8-/m0/s1. The summed E-state index contributed by atoms with van der Waals surface area (Å²) in [6.07, 6.45) is 2.59. The van der Waals surface area contributed by atoms with Gasteiger partial charge in [0.25, 0.3) is 11.1 Å². The van der Waals surface area contributed by atoms with Crippen LogP contribution in [-0.2, 0) is 4.79 Å². The molecule has 18 heavy (non-hydrogen) atoms. The summed E-state index contributed by atoms with van der Waals surface area (Å²) in [6, 6.07) is 3.94. The minimum absolute atomic E-state index is 0.0338. The minimum Gasteiger partial charge on any atom is -0.268 e. The van der Waals surface area contributed by atoms with Crippen molar-refractivity contribution in [2.45, 2.75) is 33.2 Å². The second-order valence-corrected chi connectivity index (χ2v) is 6.57. The number of carbonyl (C=O) groups excluding carboxylic acids is 2. The minimum atomic E-state index is -0.162. The SMILES string of the molecule is CC[C@H](C)N1C(=O)S/C(=C/c2ccc(C)s2)C1=O. The maximum atomic E-state index is 12.1. The van der Waals surface area contributed by atoms with Crippen LogP contribution in [0.1, 0.15) is 30.0 Å². The summed E-state index contributed by atoms with van der Waals surface area (Å²) in [6.45, 7) is 5.89. The molecule has 0 aliphatic carbocycles. The van der Waals surface area contributed by atoms with Gasteiger partial charge in [-0.3, -0.25) is 14.5 Å². The van der Waals surface area contributed by atoms with Crippen LogP contribution in [0, 0.1) is 6.92 Å². The lowest BCUT2D eigenvalue weighted by Crippen LogP contribution is -2.36. The predicted octanol–water partition coefficient (Wildman–Crippen LogP) is 3.89. The molecule has 2 rings (SSSR count). The van der Waals surface area contributed by atoms with E-state index in [-0.39, 0.29) is 17.2 Å². The van der Waals surface area contributed by atoms with Crippen molar-refractivity contribution in [1.29, 1.82) is 0 Å². The molecule has 0 bridgehead atoms. The lowest BCUT2D eigenvalue weighted by atomic mass is 10.2. The average molecular weight is 281 g/mol. The molecule has 5 heteroatoms. The predicted molar refractivity (Wildman–Crippen MR) is 76.6 cm³/mol. The van der Waals surface area contributed by atoms with E-state index >= 15 is 0 Å². The zero-order chi connectivity index (χ0) is 13.3. The summed E-state index contributed by atoms with van der Waals surface area (Å²) >= 11 is 2.66. The Morgan fingerprint density at radius 3 is 2.67 bits per heavy atom. The Hall–Kier alpha value is -1.07. The number of aryl methyl sites for hydroxylation is 1. The lowest BCUT2D eigenvalue weighted by Gasteiger charge is -2.19. The molecule has 1 aromatic heterocycles. The van der Waals surface area contributed by atoms with Gasteiger partial charge in [0.15, 0.2) is 0 Å². The van der Waals surface area contributed by atoms with E-state index < -0.39 is 0 Å². The van der Waals surface area contributed by atoms with Crippen molar-refractivity contribution in [3.63, 3.8) is 0 Å². The van der Waals surface area contributed by atoms with E-state index in [0.29, 0.717) is 4.91 Å². The van der Waals surface area contributed by atoms with Gasteiger partial charge in [0, 0.05) is 15.8 Å². The number of thiophene rings is 1. The molecular formula is C13H15NO2S2. The Bertz CT molecular complexity index is 519. The van der Waals surface area contributed by atoms with Crippen LogP contribution in [0.3, 0.4) is 0 Å². The normalized spacial score (nSPS) is 19.9. The highest BCUT2D eigenvalue weighted by atomic mass is 32.2. The maximum absolute atomic E-state index is 12.1. The number of hydrogen-bond acceptors (Lipinski definition) is 4. The van der Waals surface area contributed by atoms with Gasteiger partial charge in [-0.2, -0.15) is 0 Å². The quantitative estimate of drug-likeness (QED) is 0.789. The molecule has 1 aromatic rings. The third kappa shape index (κ3) is 2.52. The fourth-order valence-electron chi connectivity index (χ4n) is 1.70. The van der Waals surface area contributed by atoms with Crippen LogP contribution < -0.4 is 0 Å². The highest BCUT2D eigenvalue weighted by molar-refractivity contribution is 8.18. The van der Waals surface area contributed by atoms with Gasteiger partial charge in [0.05, 0.1) is 4.91 Å². The topological polar surface area (TPSA) is 37.4 Å². The molecule has 2 amide bonds. The molecule has 0 saturated carbocycles. The van der Waals surface area contributed by atoms with Crippen molar-refractivity contribution >= 4 is 40.3 Å². The Morgan fingerprint density at radius 1 is 1.39 bits per heavy atom. The molecule has 3 nitrogen and oxygen atoms in total. The number of carbonyl (C=O) groups is 2. The van der Waals surface area contributed by atoms with Crippen molar-refractivity contribution < 1.29 is 9.59 Å². The molecule has 1 saturated heterocycles. The lowest BCUT2D eigenvalue weighted by molar-refractivity contribution is -0.124. The summed E-state index contributed by atoms with van der Waals surface area (Å²) in [4.78, 5) is 28.1. The highest BCUT2D eigenvalue weighted by Gasteiger charge is 2.37. The number of amides is 2. The first-order chi connectivity index (χ1) is 8.52. The van der Waals surface area contributed by atoms with Gasteiger partial charge in [-0.05, 0) is 50.2 Å². The molecule has 2 heterocycles. The van der Waals surface area contributed by atoms with Gasteiger partial charge < -0.3 is 0 Å². The van der Waals surface area contributed by atoms with Crippen molar-refractivity contribution in [1.82, 2.24) is 4.90 Å². The number of hydrogen-bond donors (Lipinski definition) is 0. The Balaban J connectivity index is 2.25. The molecule has 1 aliphatic rings. The van der Waals surface area contributed by atoms with Gasteiger partial charge in [-0.15, -0.1) is 11.3 Å². The summed E-state index contributed by atoms with van der Waals surface area (Å²) < 4.78 is 0. The average Bonchev–Trinajstić information content (AvgIpc) is 2.84. The zero-order valence-corrected chi connectivity index (χ0v) is 12.2. The van der Waals surface area contributed by atoms with Crippen LogP contribution in [0.5, 0.6) is 0 Å². The Kier molecular flexibility index (Phi) is 3.92. The van der Waals surface area contributed by atoms with Gasteiger partial charge in [-0.1, -0.05) is 6.92 Å². The summed E-state index contributed by atoms with van der Waals surface area (Å²) in [5.41, 5.74) is 0. The first-order valence-electron chi connectivity index (χ1n) is 5.86. The van der Waals surface area contributed by atoms with Crippen LogP contribution >= 0.6 is 23.1 Å². The second-order valence-electron chi connectivity index (χ2n) is 4.26. The van der Waals surface area contributed by atoms with Crippen molar-refractivity contribution in [3.8, 4) is 0 Å². The van der Waals surface area contributed by atoms with Gasteiger partial charge in [-0.25, -0.2) is 0 Å². The zero-order valence-electron chi connectivity index (χ0n) is 10.6. The molecule has 0 N–H and O–H groups in total. The van der Waals surface area contributed by atoms with Crippen LogP contribution in [0.4, 0.5) is 4.79 Å². The maximum Gasteiger partial charge on any atom is 0.293 e. The van der Waals surface area contributed by atoms with E-state index in [9.17, 15) is 9.59 Å². The van der Waals surface area contributed by atoms with E-state index in [2.05, 4.69) is 0 Å². The van der Waals surface area contributed by atoms with E-state index in [4.69, 9.17) is 0 Å². The smallest absolute Gasteiger partial charge is 0.268 e. The van der Waals surface area contributed by atoms with E-state index in [0.717, 1.165) is 23.1 Å².